The van der Waals surface area contributed by atoms with Crippen LogP contribution in [0.25, 0.3) is 0 Å². The van der Waals surface area contributed by atoms with Crippen molar-refractivity contribution in [2.45, 2.75) is 38.3 Å². The normalized spacial score (nSPS) is 28.1. The number of aromatic nitrogens is 1. The standard InChI is InChI=1S/C11H19N3S/c1-8(11-13-5-6-15-11)14-10-4-2-3-9(10)7-12/h5-6,8-10,14H,2-4,7,12H2,1H3. The quantitative estimate of drug-likeness (QED) is 0.823. The second-order valence-electron chi connectivity index (χ2n) is 4.29. The van der Waals surface area contributed by atoms with Gasteiger partial charge >= 0.3 is 0 Å². The van der Waals surface area contributed by atoms with E-state index in [9.17, 15) is 0 Å². The molecule has 0 radical (unpaired) electrons. The Balaban J connectivity index is 1.91. The minimum Gasteiger partial charge on any atom is -0.330 e. The summed E-state index contributed by atoms with van der Waals surface area (Å²) < 4.78 is 0. The minimum atomic E-state index is 0.363. The molecule has 3 unspecified atom stereocenters. The molecule has 0 aromatic carbocycles. The molecule has 0 bridgehead atoms. The first-order chi connectivity index (χ1) is 7.31. The zero-order chi connectivity index (χ0) is 10.7. The highest BCUT2D eigenvalue weighted by Gasteiger charge is 2.27. The third kappa shape index (κ3) is 2.56. The van der Waals surface area contributed by atoms with Crippen molar-refractivity contribution in [1.29, 1.82) is 0 Å². The number of thiazole rings is 1. The summed E-state index contributed by atoms with van der Waals surface area (Å²) >= 11 is 1.72. The molecule has 1 heterocycles. The minimum absolute atomic E-state index is 0.363. The molecule has 1 aromatic heterocycles. The van der Waals surface area contributed by atoms with Gasteiger partial charge in [-0.05, 0) is 32.2 Å². The van der Waals surface area contributed by atoms with Gasteiger partial charge in [-0.25, -0.2) is 4.98 Å². The van der Waals surface area contributed by atoms with Gasteiger partial charge in [-0.3, -0.25) is 0 Å². The van der Waals surface area contributed by atoms with Gasteiger partial charge in [-0.15, -0.1) is 11.3 Å². The highest BCUT2D eigenvalue weighted by molar-refractivity contribution is 7.09. The lowest BCUT2D eigenvalue weighted by Gasteiger charge is -2.23. The van der Waals surface area contributed by atoms with E-state index in [4.69, 9.17) is 5.73 Å². The van der Waals surface area contributed by atoms with Crippen LogP contribution in [0.1, 0.15) is 37.2 Å². The van der Waals surface area contributed by atoms with E-state index >= 15 is 0 Å². The van der Waals surface area contributed by atoms with Crippen LogP contribution in [0, 0.1) is 5.92 Å². The topological polar surface area (TPSA) is 50.9 Å². The van der Waals surface area contributed by atoms with Gasteiger partial charge in [-0.1, -0.05) is 6.42 Å². The Labute approximate surface area is 95.1 Å². The monoisotopic (exact) mass is 225 g/mol. The zero-order valence-corrected chi connectivity index (χ0v) is 9.96. The third-order valence-corrected chi connectivity index (χ3v) is 4.21. The molecule has 2 rings (SSSR count). The fourth-order valence-electron chi connectivity index (χ4n) is 2.38. The van der Waals surface area contributed by atoms with Crippen molar-refractivity contribution in [3.05, 3.63) is 16.6 Å². The van der Waals surface area contributed by atoms with E-state index in [1.54, 1.807) is 11.3 Å². The lowest BCUT2D eigenvalue weighted by atomic mass is 10.0. The average molecular weight is 225 g/mol. The van der Waals surface area contributed by atoms with Crippen LogP contribution in [-0.2, 0) is 0 Å². The Hall–Kier alpha value is -0.450. The van der Waals surface area contributed by atoms with Crippen molar-refractivity contribution in [2.24, 2.45) is 11.7 Å². The van der Waals surface area contributed by atoms with Crippen molar-refractivity contribution in [3.63, 3.8) is 0 Å². The van der Waals surface area contributed by atoms with Gasteiger partial charge in [0.25, 0.3) is 0 Å². The van der Waals surface area contributed by atoms with Crippen LogP contribution in [0.15, 0.2) is 11.6 Å². The molecule has 0 aliphatic heterocycles. The third-order valence-electron chi connectivity index (χ3n) is 3.25. The Morgan fingerprint density at radius 3 is 3.20 bits per heavy atom. The largest absolute Gasteiger partial charge is 0.330 e. The summed E-state index contributed by atoms with van der Waals surface area (Å²) in [5, 5.41) is 6.86. The molecule has 1 saturated carbocycles. The first-order valence-corrected chi connectivity index (χ1v) is 6.54. The molecule has 3 nitrogen and oxygen atoms in total. The van der Waals surface area contributed by atoms with E-state index in [0.717, 1.165) is 6.54 Å². The molecule has 3 atom stereocenters. The summed E-state index contributed by atoms with van der Waals surface area (Å²) in [7, 11) is 0. The van der Waals surface area contributed by atoms with Crippen LogP contribution in [0.2, 0.25) is 0 Å². The molecule has 0 amide bonds. The fourth-order valence-corrected chi connectivity index (χ4v) is 3.03. The molecular weight excluding hydrogens is 206 g/mol. The number of hydrogen-bond donors (Lipinski definition) is 2. The Kier molecular flexibility index (Phi) is 3.72. The maximum absolute atomic E-state index is 5.77. The van der Waals surface area contributed by atoms with Crippen molar-refractivity contribution in [3.8, 4) is 0 Å². The van der Waals surface area contributed by atoms with Crippen LogP contribution in [0.5, 0.6) is 0 Å². The average Bonchev–Trinajstić information content (AvgIpc) is 2.87. The highest BCUT2D eigenvalue weighted by atomic mass is 32.1. The van der Waals surface area contributed by atoms with Crippen molar-refractivity contribution in [1.82, 2.24) is 10.3 Å². The second kappa shape index (κ2) is 5.05. The van der Waals surface area contributed by atoms with Crippen LogP contribution in [0.4, 0.5) is 0 Å². The van der Waals surface area contributed by atoms with E-state index < -0.39 is 0 Å². The molecule has 1 aliphatic carbocycles. The van der Waals surface area contributed by atoms with E-state index in [0.29, 0.717) is 18.0 Å². The van der Waals surface area contributed by atoms with Crippen LogP contribution < -0.4 is 11.1 Å². The maximum atomic E-state index is 5.77. The van der Waals surface area contributed by atoms with E-state index in [-0.39, 0.29) is 0 Å². The first kappa shape index (κ1) is 11.0. The van der Waals surface area contributed by atoms with Gasteiger partial charge in [0.1, 0.15) is 5.01 Å². The summed E-state index contributed by atoms with van der Waals surface area (Å²) in [6.07, 6.45) is 5.72. The SMILES string of the molecule is CC(NC1CCCC1CN)c1nccs1. The first-order valence-electron chi connectivity index (χ1n) is 5.66. The van der Waals surface area contributed by atoms with Crippen molar-refractivity contribution >= 4 is 11.3 Å². The molecule has 1 aromatic rings. The van der Waals surface area contributed by atoms with Gasteiger partial charge in [0, 0.05) is 17.6 Å². The molecule has 84 valence electrons. The smallest absolute Gasteiger partial charge is 0.109 e. The van der Waals surface area contributed by atoms with E-state index in [2.05, 4.69) is 17.2 Å². The van der Waals surface area contributed by atoms with Crippen LogP contribution in [-0.4, -0.2) is 17.6 Å². The Bertz CT molecular complexity index is 286. The molecule has 1 fully saturated rings. The summed E-state index contributed by atoms with van der Waals surface area (Å²) in [6, 6.07) is 0.955. The number of rotatable bonds is 4. The predicted molar refractivity (Wildman–Crippen MR) is 63.8 cm³/mol. The van der Waals surface area contributed by atoms with Crippen LogP contribution in [0.3, 0.4) is 0 Å². The van der Waals surface area contributed by atoms with E-state index in [1.165, 1.54) is 24.3 Å². The maximum Gasteiger partial charge on any atom is 0.109 e. The van der Waals surface area contributed by atoms with Gasteiger partial charge in [-0.2, -0.15) is 0 Å². The van der Waals surface area contributed by atoms with Gasteiger partial charge in [0.2, 0.25) is 0 Å². The Morgan fingerprint density at radius 2 is 2.53 bits per heavy atom. The summed E-state index contributed by atoms with van der Waals surface area (Å²) in [4.78, 5) is 4.33. The number of nitrogens with zero attached hydrogens (tertiary/aromatic N) is 1. The van der Waals surface area contributed by atoms with Crippen molar-refractivity contribution < 1.29 is 0 Å². The zero-order valence-electron chi connectivity index (χ0n) is 9.15. The van der Waals surface area contributed by atoms with Crippen molar-refractivity contribution in [2.75, 3.05) is 6.54 Å². The predicted octanol–water partition coefficient (Wildman–Crippen LogP) is 1.92. The number of nitrogens with one attached hydrogen (secondary N) is 1. The molecule has 3 N–H and O–H groups in total. The second-order valence-corrected chi connectivity index (χ2v) is 5.22. The highest BCUT2D eigenvalue weighted by Crippen LogP contribution is 2.27. The molecule has 15 heavy (non-hydrogen) atoms. The lowest BCUT2D eigenvalue weighted by molar-refractivity contribution is 0.373. The lowest BCUT2D eigenvalue weighted by Crippen LogP contribution is -2.37. The number of hydrogen-bond acceptors (Lipinski definition) is 4. The number of nitrogens with two attached hydrogens (primary N) is 1. The summed E-state index contributed by atoms with van der Waals surface area (Å²) in [5.41, 5.74) is 5.77. The fraction of sp³-hybridized carbons (Fsp3) is 0.727. The molecule has 0 saturated heterocycles. The molecular formula is C11H19N3S. The molecule has 4 heteroatoms. The molecule has 1 aliphatic rings. The van der Waals surface area contributed by atoms with Gasteiger partial charge in [0.05, 0.1) is 6.04 Å². The summed E-state index contributed by atoms with van der Waals surface area (Å²) in [5.74, 6) is 0.660. The summed E-state index contributed by atoms with van der Waals surface area (Å²) in [6.45, 7) is 2.99. The van der Waals surface area contributed by atoms with Gasteiger partial charge in [0.15, 0.2) is 0 Å². The molecule has 0 spiro atoms. The van der Waals surface area contributed by atoms with Crippen LogP contribution >= 0.6 is 11.3 Å². The Morgan fingerprint density at radius 1 is 1.67 bits per heavy atom. The van der Waals surface area contributed by atoms with E-state index in [1.807, 2.05) is 11.6 Å². The van der Waals surface area contributed by atoms with Gasteiger partial charge < -0.3 is 11.1 Å².